The molecule has 1 aromatic heterocycles. The van der Waals surface area contributed by atoms with Crippen molar-refractivity contribution >= 4 is 43.4 Å². The number of aliphatic hydroxyl groups is 2. The molecule has 1 aromatic rings. The van der Waals surface area contributed by atoms with Crippen molar-refractivity contribution in [1.29, 1.82) is 0 Å². The molecule has 24 heteroatoms. The SMILES string of the molecule is CN(C)P(=O)(OC1=C(O)C(C(CO)OC(=O)CCC(=O)ONC(CCCCN)C(=O)NC(Cc2cnc[nH]2)C(=O)NC(CCCCN)C(=O)O)OC1=O)N(C)C. The highest BCUT2D eigenvalue weighted by molar-refractivity contribution is 7.54. The number of cyclic esters (lactones) is 1. The Morgan fingerprint density at radius 3 is 2.05 bits per heavy atom. The first-order valence-corrected chi connectivity index (χ1v) is 19.3. The molecule has 2 amide bonds. The highest BCUT2D eigenvalue weighted by atomic mass is 31.2. The lowest BCUT2D eigenvalue weighted by atomic mass is 10.1. The van der Waals surface area contributed by atoms with Crippen LogP contribution in [0.15, 0.2) is 24.0 Å². The second kappa shape index (κ2) is 23.4. The van der Waals surface area contributed by atoms with Crippen LogP contribution in [0.3, 0.4) is 0 Å². The summed E-state index contributed by atoms with van der Waals surface area (Å²) in [5.41, 5.74) is 13.9. The van der Waals surface area contributed by atoms with Gasteiger partial charge in [-0.05, 0) is 79.8 Å². The van der Waals surface area contributed by atoms with Crippen LogP contribution in [0, 0.1) is 0 Å². The smallest absolute Gasteiger partial charge is 0.395 e. The molecular weight excluding hydrogens is 765 g/mol. The summed E-state index contributed by atoms with van der Waals surface area (Å²) in [4.78, 5) is 88.1. The zero-order valence-electron chi connectivity index (χ0n) is 31.8. The van der Waals surface area contributed by atoms with Gasteiger partial charge in [-0.15, -0.1) is 5.48 Å². The van der Waals surface area contributed by atoms with Crippen LogP contribution in [-0.2, 0) is 58.6 Å². The van der Waals surface area contributed by atoms with Crippen LogP contribution in [0.4, 0.5) is 0 Å². The van der Waals surface area contributed by atoms with Crippen molar-refractivity contribution in [1.82, 2.24) is 35.4 Å². The van der Waals surface area contributed by atoms with Crippen molar-refractivity contribution in [2.24, 2.45) is 11.5 Å². The van der Waals surface area contributed by atoms with E-state index in [1.165, 1.54) is 50.1 Å². The second-order valence-electron chi connectivity index (χ2n) is 13.0. The number of carboxylic acid groups (broad SMARTS) is 1. The number of aromatic amines is 1. The van der Waals surface area contributed by atoms with E-state index in [9.17, 15) is 48.7 Å². The molecule has 23 nitrogen and oxygen atoms in total. The number of nitrogens with two attached hydrogens (primary N) is 2. The molecule has 5 atom stereocenters. The third-order valence-corrected chi connectivity index (χ3v) is 10.7. The molecule has 0 fully saturated rings. The van der Waals surface area contributed by atoms with Gasteiger partial charge in [0, 0.05) is 18.3 Å². The van der Waals surface area contributed by atoms with E-state index < -0.39 is 105 Å². The van der Waals surface area contributed by atoms with Crippen LogP contribution >= 0.6 is 7.67 Å². The summed E-state index contributed by atoms with van der Waals surface area (Å²) in [5, 5.41) is 35.2. The van der Waals surface area contributed by atoms with E-state index in [0.717, 1.165) is 0 Å². The molecule has 0 saturated heterocycles. The van der Waals surface area contributed by atoms with Crippen molar-refractivity contribution in [2.45, 2.75) is 88.1 Å². The first-order valence-electron chi connectivity index (χ1n) is 17.7. The number of H-pyrrole nitrogens is 1. The molecule has 11 N–H and O–H groups in total. The Hall–Kier alpha value is -4.64. The average Bonchev–Trinajstić information content (AvgIpc) is 3.76. The van der Waals surface area contributed by atoms with Gasteiger partial charge in [0.1, 0.15) is 18.1 Å². The number of unbranched alkanes of at least 4 members (excludes halogenated alkanes) is 2. The lowest BCUT2D eigenvalue weighted by Crippen LogP contribution is -2.56. The minimum atomic E-state index is -3.82. The largest absolute Gasteiger partial charge is 0.505 e. The highest BCUT2D eigenvalue weighted by Gasteiger charge is 2.46. The summed E-state index contributed by atoms with van der Waals surface area (Å²) in [5.74, 6) is -7.80. The van der Waals surface area contributed by atoms with E-state index in [1.54, 1.807) is 0 Å². The van der Waals surface area contributed by atoms with Gasteiger partial charge < -0.3 is 61.2 Å². The molecule has 316 valence electrons. The topological polar surface area (TPSA) is 340 Å². The zero-order chi connectivity index (χ0) is 42.0. The number of carbonyl (C=O) groups excluding carboxylic acids is 5. The van der Waals surface area contributed by atoms with Gasteiger partial charge in [-0.3, -0.25) is 19.2 Å². The van der Waals surface area contributed by atoms with Crippen LogP contribution < -0.4 is 27.6 Å². The Morgan fingerprint density at radius 2 is 1.52 bits per heavy atom. The van der Waals surface area contributed by atoms with Crippen molar-refractivity contribution < 1.29 is 67.5 Å². The van der Waals surface area contributed by atoms with E-state index in [1.807, 2.05) is 0 Å². The lowest BCUT2D eigenvalue weighted by Gasteiger charge is -2.29. The molecule has 1 aliphatic heterocycles. The molecule has 2 heterocycles. The van der Waals surface area contributed by atoms with Gasteiger partial charge in [-0.2, -0.15) is 0 Å². The Kier molecular flexibility index (Phi) is 19.9. The first kappa shape index (κ1) is 47.5. The minimum Gasteiger partial charge on any atom is -0.505 e. The molecule has 0 aliphatic carbocycles. The predicted molar refractivity (Wildman–Crippen MR) is 194 cm³/mol. The number of nitrogens with one attached hydrogen (secondary N) is 4. The molecule has 56 heavy (non-hydrogen) atoms. The Bertz CT molecular complexity index is 1550. The molecule has 2 rings (SSSR count). The molecule has 1 aliphatic rings. The van der Waals surface area contributed by atoms with Gasteiger partial charge in [-0.25, -0.2) is 28.5 Å². The quantitative estimate of drug-likeness (QED) is 0.0157. The number of aromatic nitrogens is 2. The number of amides is 2. The number of ether oxygens (including phenoxy) is 2. The summed E-state index contributed by atoms with van der Waals surface area (Å²) >= 11 is 0. The standard InChI is InChI=1S/C32H54N9O14P/c1-40(2)56(51,41(3)4)55-28-26(45)27(53-32(28)50)23(17-42)52-24(43)11-12-25(44)54-39-20(9-5-7-13-33)29(46)38-22(15-19-16-35-18-36-19)30(47)37-21(31(48)49)10-6-8-14-34/h16,18,20-23,27,39,42,45H,5-15,17,33-34H2,1-4H3,(H,35,36)(H,37,47)(H,38,46)(H,48,49). The third-order valence-electron chi connectivity index (χ3n) is 8.23. The minimum absolute atomic E-state index is 0.0894. The van der Waals surface area contributed by atoms with E-state index in [2.05, 4.69) is 26.1 Å². The lowest BCUT2D eigenvalue weighted by molar-refractivity contribution is -0.167. The molecule has 0 radical (unpaired) electrons. The summed E-state index contributed by atoms with van der Waals surface area (Å²) in [7, 11) is 1.84. The average molecular weight is 820 g/mol. The third kappa shape index (κ3) is 14.5. The number of hydroxylamine groups is 1. The number of carboxylic acids is 1. The van der Waals surface area contributed by atoms with Gasteiger partial charge in [0.15, 0.2) is 11.9 Å². The first-order chi connectivity index (χ1) is 26.5. The summed E-state index contributed by atoms with van der Waals surface area (Å²) < 4.78 is 31.0. The fraction of sp³-hybridized carbons (Fsp3) is 0.656. The number of imidazole rings is 1. The molecule has 0 saturated carbocycles. The summed E-state index contributed by atoms with van der Waals surface area (Å²) in [6.45, 7) is -0.293. The van der Waals surface area contributed by atoms with Crippen LogP contribution in [0.25, 0.3) is 0 Å². The fourth-order valence-corrected chi connectivity index (χ4v) is 6.55. The molecular formula is C32H54N9O14P. The highest BCUT2D eigenvalue weighted by Crippen LogP contribution is 2.53. The van der Waals surface area contributed by atoms with Gasteiger partial charge in [0.25, 0.3) is 5.76 Å². The van der Waals surface area contributed by atoms with Crippen molar-refractivity contribution in [2.75, 3.05) is 47.9 Å². The van der Waals surface area contributed by atoms with Gasteiger partial charge in [-0.1, -0.05) is 0 Å². The summed E-state index contributed by atoms with van der Waals surface area (Å²) in [6.07, 6.45) is 0.221. The normalized spacial score (nSPS) is 16.5. The van der Waals surface area contributed by atoms with E-state index in [4.69, 9.17) is 30.3 Å². The van der Waals surface area contributed by atoms with Crippen molar-refractivity contribution in [3.8, 4) is 0 Å². The predicted octanol–water partition coefficient (Wildman–Crippen LogP) is -1.69. The van der Waals surface area contributed by atoms with Crippen LogP contribution in [0.1, 0.15) is 57.1 Å². The van der Waals surface area contributed by atoms with Crippen LogP contribution in [0.5, 0.6) is 0 Å². The van der Waals surface area contributed by atoms with Crippen LogP contribution in [0.2, 0.25) is 0 Å². The van der Waals surface area contributed by atoms with Crippen molar-refractivity contribution in [3.05, 3.63) is 29.7 Å². The molecule has 5 unspecified atom stereocenters. The Labute approximate surface area is 323 Å². The zero-order valence-corrected chi connectivity index (χ0v) is 32.7. The number of rotatable bonds is 27. The number of nitrogens with zero attached hydrogens (tertiary/aromatic N) is 3. The number of esters is 2. The number of hydrogen-bond acceptors (Lipinski definition) is 17. The maximum absolute atomic E-state index is 13.5. The number of hydrogen-bond donors (Lipinski definition) is 9. The molecule has 0 bridgehead atoms. The van der Waals surface area contributed by atoms with Gasteiger partial charge >= 0.3 is 31.5 Å². The molecule has 0 spiro atoms. The van der Waals surface area contributed by atoms with E-state index in [-0.39, 0.29) is 19.3 Å². The number of aliphatic hydroxyl groups excluding tert-OH is 2. The van der Waals surface area contributed by atoms with Gasteiger partial charge in [0.05, 0.1) is 25.8 Å². The number of aliphatic carboxylic acids is 1. The number of carbonyl (C=O) groups is 6. The van der Waals surface area contributed by atoms with Crippen molar-refractivity contribution in [3.63, 3.8) is 0 Å². The maximum Gasteiger partial charge on any atom is 0.395 e. The van der Waals surface area contributed by atoms with Crippen LogP contribution in [-0.4, -0.2) is 149 Å². The summed E-state index contributed by atoms with van der Waals surface area (Å²) in [6, 6.07) is -3.73. The second-order valence-corrected chi connectivity index (χ2v) is 15.7. The monoisotopic (exact) mass is 819 g/mol. The Balaban J connectivity index is 2.06. The van der Waals surface area contributed by atoms with E-state index in [0.29, 0.717) is 44.5 Å². The molecule has 0 aromatic carbocycles. The van der Waals surface area contributed by atoms with Gasteiger partial charge in [0.2, 0.25) is 17.9 Å². The Morgan fingerprint density at radius 1 is 0.946 bits per heavy atom. The maximum atomic E-state index is 13.5. The van der Waals surface area contributed by atoms with E-state index >= 15 is 0 Å². The fourth-order valence-electron chi connectivity index (χ4n) is 5.11.